The summed E-state index contributed by atoms with van der Waals surface area (Å²) in [5, 5.41) is 3.09. The Morgan fingerprint density at radius 3 is 1.95 bits per heavy atom. The lowest BCUT2D eigenvalue weighted by molar-refractivity contribution is -0.179. The number of ether oxygens (including phenoxy) is 8. The second kappa shape index (κ2) is 27.6. The zero-order valence-electron chi connectivity index (χ0n) is 53.8. The highest BCUT2D eigenvalue weighted by Gasteiger charge is 2.61. The van der Waals surface area contributed by atoms with Crippen LogP contribution in [0.5, 0.6) is 0 Å². The first-order valence-corrected chi connectivity index (χ1v) is 33.4. The number of cyclic esters (lactones) is 3. The molecule has 1 amide bonds. The van der Waals surface area contributed by atoms with Crippen molar-refractivity contribution in [3.05, 3.63) is 155 Å². The molecule has 10 aliphatic rings. The molecule has 6 aliphatic carbocycles. The topological polar surface area (TPSA) is 218 Å². The van der Waals surface area contributed by atoms with E-state index in [4.69, 9.17) is 37.9 Å². The van der Waals surface area contributed by atoms with Gasteiger partial charge in [-0.15, -0.1) is 0 Å². The first-order valence-electron chi connectivity index (χ1n) is 33.4. The van der Waals surface area contributed by atoms with Gasteiger partial charge >= 0.3 is 35.9 Å². The molecule has 4 saturated heterocycles. The van der Waals surface area contributed by atoms with Crippen molar-refractivity contribution < 1.29 is 75.8 Å². The Hall–Kier alpha value is -7.83. The van der Waals surface area contributed by atoms with E-state index in [2.05, 4.69) is 30.2 Å². The minimum atomic E-state index is -0.595. The molecule has 4 aliphatic heterocycles. The van der Waals surface area contributed by atoms with Crippen LogP contribution in [0.15, 0.2) is 133 Å². The van der Waals surface area contributed by atoms with E-state index in [0.29, 0.717) is 57.0 Å². The molecular formula is C75H85FN2O15. The zero-order valence-corrected chi connectivity index (χ0v) is 53.8. The molecule has 5 heterocycles. The fourth-order valence-electron chi connectivity index (χ4n) is 17.6. The Bertz CT molecular complexity index is 3530. The number of ketones is 1. The minimum absolute atomic E-state index is 0.0218. The Balaban J connectivity index is 0.000000137. The third kappa shape index (κ3) is 13.5. The van der Waals surface area contributed by atoms with Crippen LogP contribution in [0.25, 0.3) is 17.2 Å². The summed E-state index contributed by atoms with van der Waals surface area (Å²) in [6.45, 7) is 13.9. The molecule has 0 bridgehead atoms. The van der Waals surface area contributed by atoms with Crippen molar-refractivity contribution in [3.63, 3.8) is 0 Å². The number of rotatable bonds is 11. The Kier molecular flexibility index (Phi) is 19.4. The lowest BCUT2D eigenvalue weighted by Gasteiger charge is -2.55. The minimum Gasteiger partial charge on any atom is -0.462 e. The average molecular weight is 1270 g/mol. The zero-order chi connectivity index (χ0) is 65.3. The van der Waals surface area contributed by atoms with E-state index in [9.17, 15) is 38.0 Å². The summed E-state index contributed by atoms with van der Waals surface area (Å²) >= 11 is 0. The third-order valence-electron chi connectivity index (χ3n) is 22.0. The number of esters is 5. The summed E-state index contributed by atoms with van der Waals surface area (Å²) in [5.41, 5.74) is 5.70. The van der Waals surface area contributed by atoms with Crippen molar-refractivity contribution in [2.75, 3.05) is 19.8 Å². The fraction of sp³-hybridized carbons (Fsp3) is 0.520. The number of nitrogens with one attached hydrogen (secondary N) is 1. The molecule has 18 heteroatoms. The van der Waals surface area contributed by atoms with Crippen LogP contribution < -0.4 is 5.32 Å². The monoisotopic (exact) mass is 1270 g/mol. The van der Waals surface area contributed by atoms with Gasteiger partial charge in [-0.05, 0) is 137 Å². The highest BCUT2D eigenvalue weighted by Crippen LogP contribution is 2.59. The number of hydrogen-bond acceptors (Lipinski definition) is 16. The van der Waals surface area contributed by atoms with Crippen molar-refractivity contribution in [3.8, 4) is 11.1 Å². The van der Waals surface area contributed by atoms with E-state index in [0.717, 1.165) is 65.6 Å². The molecule has 3 aromatic carbocycles. The highest BCUT2D eigenvalue weighted by molar-refractivity contribution is 5.92. The smallest absolute Gasteiger partial charge is 0.407 e. The number of amides is 1. The van der Waals surface area contributed by atoms with Gasteiger partial charge in [0.05, 0.1) is 55.1 Å². The van der Waals surface area contributed by atoms with Crippen molar-refractivity contribution in [1.29, 1.82) is 0 Å². The largest absolute Gasteiger partial charge is 0.462 e. The number of fused-ring (bicyclic) bond motifs is 6. The molecule has 4 aromatic rings. The maximum atomic E-state index is 14.2. The fourth-order valence-corrected chi connectivity index (χ4v) is 17.6. The predicted octanol–water partition coefficient (Wildman–Crippen LogP) is 12.1. The van der Waals surface area contributed by atoms with E-state index in [1.807, 2.05) is 112 Å². The molecule has 1 unspecified atom stereocenters. The van der Waals surface area contributed by atoms with Gasteiger partial charge in [-0.25, -0.2) is 9.18 Å². The molecule has 4 saturated carbocycles. The number of aromatic nitrogens is 1. The van der Waals surface area contributed by atoms with E-state index in [1.54, 1.807) is 31.3 Å². The van der Waals surface area contributed by atoms with Crippen LogP contribution in [0, 0.1) is 88.2 Å². The van der Waals surface area contributed by atoms with Gasteiger partial charge in [0.25, 0.3) is 0 Å². The summed E-state index contributed by atoms with van der Waals surface area (Å²) < 4.78 is 59.2. The second-order valence-electron chi connectivity index (χ2n) is 27.6. The number of hydrogen-bond donors (Lipinski definition) is 1. The van der Waals surface area contributed by atoms with Gasteiger partial charge in [0.1, 0.15) is 37.3 Å². The Morgan fingerprint density at radius 1 is 0.677 bits per heavy atom. The van der Waals surface area contributed by atoms with Gasteiger partial charge in [-0.1, -0.05) is 122 Å². The number of alkyl carbamates (subject to hydrolysis) is 1. The molecule has 17 nitrogen and oxygen atoms in total. The average Bonchev–Trinajstić information content (AvgIpc) is 1.73. The number of carbonyl (C=O) groups excluding carboxylic acids is 7. The number of pyridine rings is 1. The van der Waals surface area contributed by atoms with Crippen LogP contribution in [0.1, 0.15) is 116 Å². The van der Waals surface area contributed by atoms with Crippen LogP contribution in [0.3, 0.4) is 0 Å². The van der Waals surface area contributed by atoms with Crippen molar-refractivity contribution in [2.45, 2.75) is 143 Å². The second-order valence-corrected chi connectivity index (χ2v) is 27.6. The Morgan fingerprint density at radius 2 is 1.29 bits per heavy atom. The van der Waals surface area contributed by atoms with Crippen molar-refractivity contribution in [1.82, 2.24) is 10.3 Å². The van der Waals surface area contributed by atoms with Gasteiger partial charge in [0.15, 0.2) is 11.6 Å². The molecular weight excluding hydrogens is 1190 g/mol. The van der Waals surface area contributed by atoms with E-state index < -0.39 is 17.6 Å². The molecule has 0 radical (unpaired) electrons. The third-order valence-corrected chi connectivity index (χ3v) is 22.0. The molecule has 1 N–H and O–H groups in total. The van der Waals surface area contributed by atoms with Gasteiger partial charge < -0.3 is 43.2 Å². The van der Waals surface area contributed by atoms with Crippen LogP contribution in [-0.2, 0) is 79.9 Å². The van der Waals surface area contributed by atoms with Crippen LogP contribution in [-0.4, -0.2) is 96.7 Å². The molecule has 492 valence electrons. The predicted molar refractivity (Wildman–Crippen MR) is 338 cm³/mol. The van der Waals surface area contributed by atoms with Crippen molar-refractivity contribution in [2.24, 2.45) is 82.3 Å². The number of halogens is 1. The number of allylic oxidation sites excluding steroid dienone is 3. The maximum absolute atomic E-state index is 14.2. The standard InChI is InChI=1S/C31H37FN2O4.C23H26O6.C21H22O5/c1-5-37-30(36)34-27-15-14-22-23(28-18(2)38-29(35)24(28)16-25(22)31(27,3)4)13-12-20-11-10-19(17-33-20)21-8-6-7-9-26(21)32;1-14-19-18(21(24)29-14)11-16-12-23(27-9-10-28-23)8-7-17(16)20(19)22(25)26-13-15-5-3-2-4-6-15;1-12-18-17(20(23)26-12)10-14-9-15(22)7-8-16(14)19(18)21(24)25-11-13-5-3-2-4-6-13/h6-13,17-18,22-25,27-28H,5,14-16H2,1-4H3,(H,34,36);2-6,11,14,17-20H,7-10,12-13H2,1H3;2-6,9,12,16-19H,7-8,10-11H2,1H3/b13-12+;;/t18-,22+,23+,24-,25+,27?,28+;14-,17-,18-,19-,20+;12-,16-,17-,18-,19+/m111/s1. The molecule has 8 fully saturated rings. The van der Waals surface area contributed by atoms with Crippen molar-refractivity contribution >= 4 is 47.8 Å². The Labute approximate surface area is 542 Å². The van der Waals surface area contributed by atoms with E-state index in [-0.39, 0.29) is 150 Å². The van der Waals surface area contributed by atoms with Crippen LogP contribution in [0.4, 0.5) is 9.18 Å². The first-order chi connectivity index (χ1) is 44.8. The molecule has 1 aromatic heterocycles. The quantitative estimate of drug-likeness (QED) is 0.0838. The summed E-state index contributed by atoms with van der Waals surface area (Å²) in [6, 6.07) is 29.6. The van der Waals surface area contributed by atoms with Gasteiger partial charge in [-0.2, -0.15) is 0 Å². The van der Waals surface area contributed by atoms with E-state index >= 15 is 0 Å². The maximum Gasteiger partial charge on any atom is 0.407 e. The molecule has 17 atom stereocenters. The lowest BCUT2D eigenvalue weighted by atomic mass is 9.50. The van der Waals surface area contributed by atoms with Gasteiger partial charge in [0, 0.05) is 60.4 Å². The molecule has 1 spiro atoms. The highest BCUT2D eigenvalue weighted by atomic mass is 19.1. The summed E-state index contributed by atoms with van der Waals surface area (Å²) in [5.74, 6) is -3.16. The lowest BCUT2D eigenvalue weighted by Crippen LogP contribution is -2.57. The number of carbonyl (C=O) groups is 7. The first kappa shape index (κ1) is 65.2. The number of benzene rings is 3. The summed E-state index contributed by atoms with van der Waals surface area (Å²) in [6.07, 6.45) is 14.8. The van der Waals surface area contributed by atoms with E-state index in [1.165, 1.54) is 6.07 Å². The van der Waals surface area contributed by atoms with Crippen LogP contribution in [0.2, 0.25) is 0 Å². The van der Waals surface area contributed by atoms with Gasteiger partial charge in [-0.3, -0.25) is 33.8 Å². The molecule has 93 heavy (non-hydrogen) atoms. The van der Waals surface area contributed by atoms with Gasteiger partial charge in [0.2, 0.25) is 0 Å². The summed E-state index contributed by atoms with van der Waals surface area (Å²) in [7, 11) is 0. The summed E-state index contributed by atoms with van der Waals surface area (Å²) in [4.78, 5) is 92.5. The normalized spacial score (nSPS) is 33.1. The SMILES string of the molecule is CCOC(=O)NC1CC[C@H]2[C@H](/C=C/c3ccc(-c4ccccc4F)cn3)[C@@H]3[C@@H](C)OC(=O)[C@@H]3C[C@@H]2C1(C)C.C[C@H]1OC(=O)[C@@H]2C=C3CC4(CC[C@H]3[C@H](C(=O)OCc3ccccc3)[C@H]12)OCCO4.C[C@H]1OC(=O)[C@@H]2CC3=CC(=O)CC[C@H]3[C@H](C(=O)OCc3ccccc3)[C@H]12. The molecule has 14 rings (SSSR count). The number of nitrogens with zero attached hydrogens (tertiary/aromatic N) is 1. The van der Waals surface area contributed by atoms with Crippen LogP contribution >= 0.6 is 0 Å².